The standard InChI is InChI=1S/C13H13NO2S.ClH/c14-12(9-11-7-4-8-17-11)13(15)16-10-5-2-1-3-6-10;/h1-8,12H,9,14H2;1H/t12-;/m0./s1. The Bertz CT molecular complexity index is 473. The second-order valence-electron chi connectivity index (χ2n) is 3.62. The maximum atomic E-state index is 11.7. The molecule has 0 aliphatic rings. The van der Waals surface area contributed by atoms with Gasteiger partial charge in [-0.25, -0.2) is 4.79 Å². The van der Waals surface area contributed by atoms with Crippen molar-refractivity contribution in [3.8, 4) is 5.75 Å². The molecule has 0 bridgehead atoms. The van der Waals surface area contributed by atoms with Crippen molar-refractivity contribution in [1.82, 2.24) is 0 Å². The first-order valence-corrected chi connectivity index (χ1v) is 6.18. The topological polar surface area (TPSA) is 52.3 Å². The number of esters is 1. The Morgan fingerprint density at radius 1 is 1.22 bits per heavy atom. The summed E-state index contributed by atoms with van der Waals surface area (Å²) in [7, 11) is 0. The number of carbonyl (C=O) groups is 1. The summed E-state index contributed by atoms with van der Waals surface area (Å²) in [6.45, 7) is 0. The van der Waals surface area contributed by atoms with Gasteiger partial charge < -0.3 is 10.5 Å². The smallest absolute Gasteiger partial charge is 0.328 e. The van der Waals surface area contributed by atoms with Crippen molar-refractivity contribution >= 4 is 29.7 Å². The quantitative estimate of drug-likeness (QED) is 0.693. The zero-order valence-electron chi connectivity index (χ0n) is 9.61. The van der Waals surface area contributed by atoms with E-state index in [0.29, 0.717) is 12.2 Å². The van der Waals surface area contributed by atoms with Gasteiger partial charge in [0.05, 0.1) is 0 Å². The second-order valence-corrected chi connectivity index (χ2v) is 4.66. The molecule has 1 atom stereocenters. The molecule has 0 radical (unpaired) electrons. The molecular formula is C13H14ClNO2S. The minimum atomic E-state index is -0.617. The van der Waals surface area contributed by atoms with Crippen LogP contribution in [0.25, 0.3) is 0 Å². The largest absolute Gasteiger partial charge is 0.425 e. The molecule has 0 aliphatic carbocycles. The van der Waals surface area contributed by atoms with Gasteiger partial charge in [-0.05, 0) is 23.6 Å². The van der Waals surface area contributed by atoms with Crippen molar-refractivity contribution in [3.63, 3.8) is 0 Å². The monoisotopic (exact) mass is 283 g/mol. The van der Waals surface area contributed by atoms with Crippen LogP contribution in [0.4, 0.5) is 0 Å². The molecule has 0 amide bonds. The van der Waals surface area contributed by atoms with Crippen LogP contribution in [0.2, 0.25) is 0 Å². The average Bonchev–Trinajstić information content (AvgIpc) is 2.83. The number of hydrogen-bond donors (Lipinski definition) is 1. The summed E-state index contributed by atoms with van der Waals surface area (Å²) in [6.07, 6.45) is 0.517. The van der Waals surface area contributed by atoms with Crippen LogP contribution in [0.3, 0.4) is 0 Å². The molecule has 0 aliphatic heterocycles. The first kappa shape index (κ1) is 14.7. The van der Waals surface area contributed by atoms with Crippen molar-refractivity contribution in [1.29, 1.82) is 0 Å². The lowest BCUT2D eigenvalue weighted by Crippen LogP contribution is -2.35. The number of carbonyl (C=O) groups excluding carboxylic acids is 1. The van der Waals surface area contributed by atoms with Crippen LogP contribution in [0.5, 0.6) is 5.75 Å². The van der Waals surface area contributed by atoms with Gasteiger partial charge >= 0.3 is 5.97 Å². The molecule has 2 rings (SSSR count). The van der Waals surface area contributed by atoms with Crippen molar-refractivity contribution in [2.45, 2.75) is 12.5 Å². The minimum Gasteiger partial charge on any atom is -0.425 e. The van der Waals surface area contributed by atoms with Crippen LogP contribution >= 0.6 is 23.7 Å². The van der Waals surface area contributed by atoms with E-state index in [0.717, 1.165) is 4.88 Å². The predicted octanol–water partition coefficient (Wildman–Crippen LogP) is 2.65. The normalized spacial score (nSPS) is 11.4. The van der Waals surface area contributed by atoms with Crippen LogP contribution in [0.15, 0.2) is 47.8 Å². The number of thiophene rings is 1. The predicted molar refractivity (Wildman–Crippen MR) is 75.3 cm³/mol. The third kappa shape index (κ3) is 4.14. The van der Waals surface area contributed by atoms with Crippen LogP contribution in [0, 0.1) is 0 Å². The molecule has 1 aromatic heterocycles. The van der Waals surface area contributed by atoms with E-state index in [9.17, 15) is 4.79 Å². The molecule has 1 heterocycles. The molecule has 0 spiro atoms. The molecule has 2 N–H and O–H groups in total. The second kappa shape index (κ2) is 7.16. The fourth-order valence-corrected chi connectivity index (χ4v) is 2.17. The Kier molecular flexibility index (Phi) is 5.85. The molecule has 0 saturated heterocycles. The molecule has 0 saturated carbocycles. The number of halogens is 1. The number of rotatable bonds is 4. The van der Waals surface area contributed by atoms with E-state index in [1.54, 1.807) is 23.5 Å². The lowest BCUT2D eigenvalue weighted by atomic mass is 10.2. The third-order valence-electron chi connectivity index (χ3n) is 2.27. The van der Waals surface area contributed by atoms with Gasteiger partial charge in [-0.1, -0.05) is 24.3 Å². The summed E-state index contributed by atoms with van der Waals surface area (Å²) in [4.78, 5) is 12.8. The zero-order chi connectivity index (χ0) is 12.1. The third-order valence-corrected chi connectivity index (χ3v) is 3.16. The maximum absolute atomic E-state index is 11.7. The minimum absolute atomic E-state index is 0. The Labute approximate surface area is 116 Å². The molecule has 0 unspecified atom stereocenters. The Morgan fingerprint density at radius 2 is 1.94 bits per heavy atom. The van der Waals surface area contributed by atoms with E-state index in [1.807, 2.05) is 35.7 Å². The number of hydrogen-bond acceptors (Lipinski definition) is 4. The number of para-hydroxylation sites is 1. The first-order chi connectivity index (χ1) is 8.25. The molecule has 96 valence electrons. The molecular weight excluding hydrogens is 270 g/mol. The highest BCUT2D eigenvalue weighted by Crippen LogP contribution is 2.13. The van der Waals surface area contributed by atoms with Crippen molar-refractivity contribution in [2.75, 3.05) is 0 Å². The molecule has 5 heteroatoms. The number of nitrogens with two attached hydrogens (primary N) is 1. The summed E-state index contributed by atoms with van der Waals surface area (Å²) >= 11 is 1.59. The number of benzene rings is 1. The highest BCUT2D eigenvalue weighted by molar-refractivity contribution is 7.09. The fraction of sp³-hybridized carbons (Fsp3) is 0.154. The molecule has 18 heavy (non-hydrogen) atoms. The Morgan fingerprint density at radius 3 is 2.56 bits per heavy atom. The Hall–Kier alpha value is -1.36. The van der Waals surface area contributed by atoms with Gasteiger partial charge in [0.15, 0.2) is 0 Å². The van der Waals surface area contributed by atoms with Gasteiger partial charge in [-0.2, -0.15) is 0 Å². The Balaban J connectivity index is 0.00000162. The van der Waals surface area contributed by atoms with Gasteiger partial charge in [0.2, 0.25) is 0 Å². The lowest BCUT2D eigenvalue weighted by molar-refractivity contribution is -0.135. The first-order valence-electron chi connectivity index (χ1n) is 5.30. The van der Waals surface area contributed by atoms with Crippen LogP contribution < -0.4 is 10.5 Å². The fourth-order valence-electron chi connectivity index (χ4n) is 1.41. The number of ether oxygens (including phenoxy) is 1. The summed E-state index contributed by atoms with van der Waals surface area (Å²) in [6, 6.07) is 12.2. The highest BCUT2D eigenvalue weighted by Gasteiger charge is 2.16. The van der Waals surface area contributed by atoms with E-state index in [2.05, 4.69) is 0 Å². The van der Waals surface area contributed by atoms with E-state index in [-0.39, 0.29) is 12.4 Å². The summed E-state index contributed by atoms with van der Waals surface area (Å²) in [5, 5.41) is 1.96. The van der Waals surface area contributed by atoms with Crippen LogP contribution in [-0.2, 0) is 11.2 Å². The van der Waals surface area contributed by atoms with Crippen molar-refractivity contribution in [3.05, 3.63) is 52.7 Å². The summed E-state index contributed by atoms with van der Waals surface area (Å²) in [5.74, 6) is 0.128. The van der Waals surface area contributed by atoms with E-state index in [1.165, 1.54) is 0 Å². The lowest BCUT2D eigenvalue weighted by Gasteiger charge is -2.09. The summed E-state index contributed by atoms with van der Waals surface area (Å²) in [5.41, 5.74) is 5.79. The van der Waals surface area contributed by atoms with Gasteiger partial charge in [-0.15, -0.1) is 23.7 Å². The highest BCUT2D eigenvalue weighted by atomic mass is 35.5. The van der Waals surface area contributed by atoms with Crippen LogP contribution in [-0.4, -0.2) is 12.0 Å². The van der Waals surface area contributed by atoms with Crippen molar-refractivity contribution in [2.24, 2.45) is 5.73 Å². The van der Waals surface area contributed by atoms with Gasteiger partial charge in [-0.3, -0.25) is 0 Å². The molecule has 3 nitrogen and oxygen atoms in total. The maximum Gasteiger partial charge on any atom is 0.328 e. The molecule has 1 aromatic carbocycles. The van der Waals surface area contributed by atoms with Gasteiger partial charge in [0.25, 0.3) is 0 Å². The molecule has 2 aromatic rings. The van der Waals surface area contributed by atoms with E-state index in [4.69, 9.17) is 10.5 Å². The SMILES string of the molecule is Cl.N[C@@H](Cc1cccs1)C(=O)Oc1ccccc1. The van der Waals surface area contributed by atoms with Gasteiger partial charge in [0.1, 0.15) is 11.8 Å². The van der Waals surface area contributed by atoms with E-state index >= 15 is 0 Å². The molecule has 0 fully saturated rings. The van der Waals surface area contributed by atoms with Crippen LogP contribution in [0.1, 0.15) is 4.88 Å². The van der Waals surface area contributed by atoms with E-state index < -0.39 is 12.0 Å². The average molecular weight is 284 g/mol. The van der Waals surface area contributed by atoms with Gasteiger partial charge in [0, 0.05) is 11.3 Å². The summed E-state index contributed by atoms with van der Waals surface area (Å²) < 4.78 is 5.17. The van der Waals surface area contributed by atoms with Crippen molar-refractivity contribution < 1.29 is 9.53 Å². The zero-order valence-corrected chi connectivity index (χ0v) is 11.2.